The number of amides is 1. The average molecular weight is 312 g/mol. The summed E-state index contributed by atoms with van der Waals surface area (Å²) in [6.45, 7) is 1.97. The fourth-order valence-electron chi connectivity index (χ4n) is 2.05. The Balaban J connectivity index is 1.91. The number of carbonyl (C=O) groups excluding carboxylic acids is 1. The summed E-state index contributed by atoms with van der Waals surface area (Å²) in [6.07, 6.45) is 0. The fraction of sp³-hybridized carbons (Fsp3) is 0.176. The van der Waals surface area contributed by atoms with Gasteiger partial charge in [-0.1, -0.05) is 35.9 Å². The van der Waals surface area contributed by atoms with Crippen LogP contribution in [0.1, 0.15) is 16.7 Å². The molecule has 0 aliphatic rings. The summed E-state index contributed by atoms with van der Waals surface area (Å²) in [5, 5.41) is 11.5. The molecule has 0 aliphatic heterocycles. The predicted molar refractivity (Wildman–Crippen MR) is 87.7 cm³/mol. The highest BCUT2D eigenvalue weighted by atomic mass is 32.2. The van der Waals surface area contributed by atoms with E-state index in [0.717, 1.165) is 11.1 Å². The van der Waals surface area contributed by atoms with Crippen molar-refractivity contribution in [2.75, 3.05) is 11.1 Å². The van der Waals surface area contributed by atoms with Gasteiger partial charge in [-0.3, -0.25) is 9.00 Å². The first-order chi connectivity index (χ1) is 10.6. The zero-order valence-corrected chi connectivity index (χ0v) is 13.0. The quantitative estimate of drug-likeness (QED) is 0.923. The Hall–Kier alpha value is -2.45. The van der Waals surface area contributed by atoms with E-state index >= 15 is 0 Å². The van der Waals surface area contributed by atoms with E-state index in [1.165, 1.54) is 0 Å². The normalized spacial score (nSPS) is 11.5. The molecule has 5 heteroatoms. The summed E-state index contributed by atoms with van der Waals surface area (Å²) >= 11 is 0. The molecule has 0 saturated heterocycles. The van der Waals surface area contributed by atoms with Crippen LogP contribution in [0.4, 0.5) is 5.69 Å². The Morgan fingerprint density at radius 1 is 1.23 bits per heavy atom. The smallest absolute Gasteiger partial charge is 0.237 e. The van der Waals surface area contributed by atoms with Gasteiger partial charge < -0.3 is 5.32 Å². The average Bonchev–Trinajstić information content (AvgIpc) is 2.47. The molecule has 4 nitrogen and oxygen atoms in total. The number of aryl methyl sites for hydroxylation is 1. The number of carbonyl (C=O) groups is 1. The van der Waals surface area contributed by atoms with Crippen LogP contribution in [-0.4, -0.2) is 15.9 Å². The second-order valence-corrected chi connectivity index (χ2v) is 6.42. The Morgan fingerprint density at radius 2 is 2.00 bits per heavy atom. The third-order valence-corrected chi connectivity index (χ3v) is 4.22. The maximum atomic E-state index is 12.0. The van der Waals surface area contributed by atoms with Gasteiger partial charge in [0.1, 0.15) is 5.75 Å². The molecular formula is C17H16N2O2S. The van der Waals surface area contributed by atoms with Gasteiger partial charge in [-0.15, -0.1) is 0 Å². The van der Waals surface area contributed by atoms with E-state index in [1.54, 1.807) is 24.3 Å². The second kappa shape index (κ2) is 7.53. The first-order valence-electron chi connectivity index (χ1n) is 6.77. The van der Waals surface area contributed by atoms with Crippen molar-refractivity contribution in [2.45, 2.75) is 12.7 Å². The molecule has 0 heterocycles. The van der Waals surface area contributed by atoms with Gasteiger partial charge in [0, 0.05) is 22.2 Å². The molecule has 2 aromatic rings. The molecule has 0 bridgehead atoms. The Bertz CT molecular complexity index is 750. The third-order valence-electron chi connectivity index (χ3n) is 2.98. The van der Waals surface area contributed by atoms with E-state index in [9.17, 15) is 9.00 Å². The molecule has 22 heavy (non-hydrogen) atoms. The number of benzene rings is 2. The number of rotatable bonds is 5. The lowest BCUT2D eigenvalue weighted by Gasteiger charge is -2.06. The molecular weight excluding hydrogens is 296 g/mol. The molecule has 1 unspecified atom stereocenters. The number of nitrogens with one attached hydrogen (secondary N) is 1. The van der Waals surface area contributed by atoms with Crippen molar-refractivity contribution in [3.63, 3.8) is 0 Å². The van der Waals surface area contributed by atoms with Gasteiger partial charge in [0.2, 0.25) is 5.91 Å². The van der Waals surface area contributed by atoms with Crippen molar-refractivity contribution in [1.82, 2.24) is 0 Å². The van der Waals surface area contributed by atoms with E-state index in [4.69, 9.17) is 5.26 Å². The third kappa shape index (κ3) is 4.83. The molecule has 0 aromatic heterocycles. The fourth-order valence-corrected chi connectivity index (χ4v) is 3.07. The highest BCUT2D eigenvalue weighted by Gasteiger charge is 2.09. The van der Waals surface area contributed by atoms with E-state index < -0.39 is 10.8 Å². The maximum Gasteiger partial charge on any atom is 0.237 e. The van der Waals surface area contributed by atoms with E-state index in [0.29, 0.717) is 17.0 Å². The number of nitrogens with zero attached hydrogens (tertiary/aromatic N) is 1. The molecule has 0 spiro atoms. The lowest BCUT2D eigenvalue weighted by atomic mass is 10.2. The minimum Gasteiger partial charge on any atom is -0.325 e. The van der Waals surface area contributed by atoms with Gasteiger partial charge in [-0.05, 0) is 30.7 Å². The summed E-state index contributed by atoms with van der Waals surface area (Å²) in [7, 11) is -1.27. The molecule has 112 valence electrons. The van der Waals surface area contributed by atoms with Gasteiger partial charge in [-0.25, -0.2) is 0 Å². The minimum absolute atomic E-state index is 0.0648. The summed E-state index contributed by atoms with van der Waals surface area (Å²) < 4.78 is 12.0. The van der Waals surface area contributed by atoms with Crippen molar-refractivity contribution >= 4 is 22.4 Å². The van der Waals surface area contributed by atoms with Gasteiger partial charge in [0.15, 0.2) is 0 Å². The van der Waals surface area contributed by atoms with Crippen LogP contribution in [-0.2, 0) is 21.3 Å². The van der Waals surface area contributed by atoms with Crippen LogP contribution in [0, 0.1) is 18.3 Å². The highest BCUT2D eigenvalue weighted by Crippen LogP contribution is 2.10. The topological polar surface area (TPSA) is 70.0 Å². The van der Waals surface area contributed by atoms with E-state index in [2.05, 4.69) is 5.32 Å². The number of hydrogen-bond acceptors (Lipinski definition) is 3. The lowest BCUT2D eigenvalue weighted by Crippen LogP contribution is -2.20. The molecule has 2 aromatic carbocycles. The Labute approximate surface area is 132 Å². The van der Waals surface area contributed by atoms with Gasteiger partial charge in [0.25, 0.3) is 0 Å². The van der Waals surface area contributed by atoms with Crippen LogP contribution in [0.3, 0.4) is 0 Å². The predicted octanol–water partition coefficient (Wildman–Crippen LogP) is 2.75. The molecule has 0 fully saturated rings. The van der Waals surface area contributed by atoms with Crippen LogP contribution in [0.5, 0.6) is 0 Å². The second-order valence-electron chi connectivity index (χ2n) is 4.96. The molecule has 0 aliphatic carbocycles. The molecule has 0 radical (unpaired) electrons. The first-order valence-corrected chi connectivity index (χ1v) is 8.26. The summed E-state index contributed by atoms with van der Waals surface area (Å²) in [5.41, 5.74) is 3.07. The first kappa shape index (κ1) is 15.9. The minimum atomic E-state index is -1.27. The lowest BCUT2D eigenvalue weighted by molar-refractivity contribution is -0.113. The standard InChI is InChI=1S/C17H16N2O2S/c1-13-4-2-6-15(8-13)11-22(21)12-17(20)19-16-7-3-5-14(9-16)10-18/h2-9H,11-12H2,1H3,(H,19,20). The van der Waals surface area contributed by atoms with Gasteiger partial charge >= 0.3 is 0 Å². The highest BCUT2D eigenvalue weighted by molar-refractivity contribution is 7.84. The van der Waals surface area contributed by atoms with Crippen LogP contribution < -0.4 is 5.32 Å². The van der Waals surface area contributed by atoms with Gasteiger partial charge in [-0.2, -0.15) is 5.26 Å². The summed E-state index contributed by atoms with van der Waals surface area (Å²) in [6, 6.07) is 16.4. The summed E-state index contributed by atoms with van der Waals surface area (Å²) in [4.78, 5) is 11.9. The van der Waals surface area contributed by atoms with Crippen LogP contribution in [0.15, 0.2) is 48.5 Å². The van der Waals surface area contributed by atoms with Crippen molar-refractivity contribution in [3.8, 4) is 6.07 Å². The maximum absolute atomic E-state index is 12.0. The Kier molecular flexibility index (Phi) is 5.45. The largest absolute Gasteiger partial charge is 0.325 e. The van der Waals surface area contributed by atoms with Crippen molar-refractivity contribution in [1.29, 1.82) is 5.26 Å². The molecule has 1 N–H and O–H groups in total. The number of nitriles is 1. The van der Waals surface area contributed by atoms with Gasteiger partial charge in [0.05, 0.1) is 11.6 Å². The Morgan fingerprint density at radius 3 is 2.73 bits per heavy atom. The molecule has 1 atom stereocenters. The zero-order valence-electron chi connectivity index (χ0n) is 12.2. The van der Waals surface area contributed by atoms with Crippen molar-refractivity contribution in [3.05, 3.63) is 65.2 Å². The number of anilines is 1. The van der Waals surface area contributed by atoms with E-state index in [1.807, 2.05) is 37.3 Å². The zero-order chi connectivity index (χ0) is 15.9. The molecule has 1 amide bonds. The summed E-state index contributed by atoms with van der Waals surface area (Å²) in [5.74, 6) is -0.0287. The van der Waals surface area contributed by atoms with Crippen LogP contribution in [0.25, 0.3) is 0 Å². The van der Waals surface area contributed by atoms with Crippen LogP contribution >= 0.6 is 0 Å². The molecule has 0 saturated carbocycles. The van der Waals surface area contributed by atoms with Crippen molar-refractivity contribution < 1.29 is 9.00 Å². The van der Waals surface area contributed by atoms with Crippen molar-refractivity contribution in [2.24, 2.45) is 0 Å². The van der Waals surface area contributed by atoms with E-state index in [-0.39, 0.29) is 11.7 Å². The molecule has 2 rings (SSSR count). The van der Waals surface area contributed by atoms with Crippen LogP contribution in [0.2, 0.25) is 0 Å². The monoisotopic (exact) mass is 312 g/mol. The number of hydrogen-bond donors (Lipinski definition) is 1. The SMILES string of the molecule is Cc1cccc(CS(=O)CC(=O)Nc2cccc(C#N)c2)c1.